The maximum Gasteiger partial charge on any atom is 0.255 e. The van der Waals surface area contributed by atoms with E-state index in [1.807, 2.05) is 55.5 Å². The summed E-state index contributed by atoms with van der Waals surface area (Å²) in [6.45, 7) is 4.10. The van der Waals surface area contributed by atoms with E-state index >= 15 is 0 Å². The van der Waals surface area contributed by atoms with E-state index in [1.54, 1.807) is 21.1 Å². The Labute approximate surface area is 197 Å². The Balaban J connectivity index is 1.55. The maximum atomic E-state index is 12.6. The summed E-state index contributed by atoms with van der Waals surface area (Å²) in [4.78, 5) is 32.5. The number of hydrogen-bond acceptors (Lipinski definition) is 6. The van der Waals surface area contributed by atoms with Gasteiger partial charge >= 0.3 is 0 Å². The Morgan fingerprint density at radius 1 is 1.09 bits per heavy atom. The average molecular weight is 468 g/mol. The molecule has 8 heteroatoms. The van der Waals surface area contributed by atoms with Crippen molar-refractivity contribution in [1.82, 2.24) is 15.3 Å². The smallest absolute Gasteiger partial charge is 0.255 e. The zero-order chi connectivity index (χ0) is 23.8. The normalized spacial score (nSPS) is 11.6. The van der Waals surface area contributed by atoms with Gasteiger partial charge in [-0.3, -0.25) is 9.59 Å². The van der Waals surface area contributed by atoms with Gasteiger partial charge in [-0.2, -0.15) is 0 Å². The van der Waals surface area contributed by atoms with Crippen molar-refractivity contribution in [2.75, 3.05) is 20.8 Å². The van der Waals surface area contributed by atoms with Crippen molar-refractivity contribution in [3.63, 3.8) is 0 Å². The summed E-state index contributed by atoms with van der Waals surface area (Å²) < 4.78 is 10.6. The van der Waals surface area contributed by atoms with Gasteiger partial charge in [0.1, 0.15) is 0 Å². The second-order valence-corrected chi connectivity index (χ2v) is 8.92. The Morgan fingerprint density at radius 2 is 1.82 bits per heavy atom. The molecule has 174 valence electrons. The van der Waals surface area contributed by atoms with Crippen molar-refractivity contribution >= 4 is 17.7 Å². The molecule has 1 heterocycles. The van der Waals surface area contributed by atoms with E-state index in [0.717, 1.165) is 11.1 Å². The number of nitrogens with zero attached hydrogens (tertiary/aromatic N) is 1. The fourth-order valence-electron chi connectivity index (χ4n) is 3.38. The van der Waals surface area contributed by atoms with Crippen molar-refractivity contribution in [2.24, 2.45) is 0 Å². The third-order valence-corrected chi connectivity index (χ3v) is 6.23. The topological polar surface area (TPSA) is 93.3 Å². The van der Waals surface area contributed by atoms with Crippen molar-refractivity contribution < 1.29 is 14.3 Å². The van der Waals surface area contributed by atoms with Gasteiger partial charge in [0.25, 0.3) is 5.56 Å². The highest BCUT2D eigenvalue weighted by Crippen LogP contribution is 2.27. The van der Waals surface area contributed by atoms with Gasteiger partial charge in [-0.15, -0.1) is 0 Å². The summed E-state index contributed by atoms with van der Waals surface area (Å²) in [6.07, 6.45) is 1.18. The predicted octanol–water partition coefficient (Wildman–Crippen LogP) is 3.53. The molecular weight excluding hydrogens is 438 g/mol. The first-order chi connectivity index (χ1) is 15.9. The van der Waals surface area contributed by atoms with Crippen LogP contribution in [0, 0.1) is 6.92 Å². The lowest BCUT2D eigenvalue weighted by atomic mass is 10.1. The molecule has 2 aromatic carbocycles. The number of amides is 1. The lowest BCUT2D eigenvalue weighted by Gasteiger charge is -2.13. The van der Waals surface area contributed by atoms with Crippen LogP contribution >= 0.6 is 11.8 Å². The molecule has 33 heavy (non-hydrogen) atoms. The molecule has 0 spiro atoms. The summed E-state index contributed by atoms with van der Waals surface area (Å²) in [7, 11) is 3.19. The Morgan fingerprint density at radius 3 is 2.48 bits per heavy atom. The second kappa shape index (κ2) is 11.6. The molecule has 7 nitrogen and oxygen atoms in total. The SMILES string of the molecule is COc1ccc(CCNC(=O)C(C)Sc2nc(C)c(Cc3ccccc3)c(=O)[nH]2)cc1OC. The number of aromatic amines is 1. The molecule has 1 atom stereocenters. The van der Waals surface area contributed by atoms with Crippen LogP contribution in [0.25, 0.3) is 0 Å². The first kappa shape index (κ1) is 24.4. The number of aryl methyl sites for hydroxylation is 1. The zero-order valence-corrected chi connectivity index (χ0v) is 20.1. The fourth-order valence-corrected chi connectivity index (χ4v) is 4.25. The molecule has 1 aromatic heterocycles. The number of carbonyl (C=O) groups is 1. The van der Waals surface area contributed by atoms with Crippen LogP contribution in [0.1, 0.15) is 29.3 Å². The summed E-state index contributed by atoms with van der Waals surface area (Å²) in [5.41, 5.74) is 3.22. The Kier molecular flexibility index (Phi) is 8.54. The minimum Gasteiger partial charge on any atom is -0.493 e. The van der Waals surface area contributed by atoms with E-state index < -0.39 is 5.25 Å². The molecule has 0 radical (unpaired) electrons. The van der Waals surface area contributed by atoms with E-state index in [4.69, 9.17) is 9.47 Å². The van der Waals surface area contributed by atoms with Crippen LogP contribution in [0.4, 0.5) is 0 Å². The highest BCUT2D eigenvalue weighted by atomic mass is 32.2. The number of thioether (sulfide) groups is 1. The fraction of sp³-hybridized carbons (Fsp3) is 0.320. The number of ether oxygens (including phenoxy) is 2. The van der Waals surface area contributed by atoms with Crippen molar-refractivity contribution in [3.8, 4) is 11.5 Å². The molecule has 0 fully saturated rings. The average Bonchev–Trinajstić information content (AvgIpc) is 2.81. The number of H-pyrrole nitrogens is 1. The molecule has 3 aromatic rings. The minimum absolute atomic E-state index is 0.117. The summed E-state index contributed by atoms with van der Waals surface area (Å²) in [5, 5.41) is 2.98. The molecule has 1 amide bonds. The quantitative estimate of drug-likeness (QED) is 0.350. The number of benzene rings is 2. The molecule has 0 saturated carbocycles. The third kappa shape index (κ3) is 6.61. The number of hydrogen-bond donors (Lipinski definition) is 2. The highest BCUT2D eigenvalue weighted by molar-refractivity contribution is 8.00. The first-order valence-corrected chi connectivity index (χ1v) is 11.6. The van der Waals surface area contributed by atoms with E-state index in [9.17, 15) is 9.59 Å². The van der Waals surface area contributed by atoms with Crippen LogP contribution in [-0.2, 0) is 17.6 Å². The molecule has 0 aliphatic rings. The molecular formula is C25H29N3O4S. The van der Waals surface area contributed by atoms with Crippen LogP contribution in [-0.4, -0.2) is 41.9 Å². The van der Waals surface area contributed by atoms with Crippen molar-refractivity contribution in [1.29, 1.82) is 0 Å². The number of aromatic nitrogens is 2. The molecule has 0 saturated heterocycles. The molecule has 1 unspecified atom stereocenters. The summed E-state index contributed by atoms with van der Waals surface area (Å²) in [5.74, 6) is 1.21. The van der Waals surface area contributed by atoms with E-state index in [-0.39, 0.29) is 11.5 Å². The summed E-state index contributed by atoms with van der Waals surface area (Å²) in [6, 6.07) is 15.5. The van der Waals surface area contributed by atoms with E-state index in [0.29, 0.717) is 47.3 Å². The number of methoxy groups -OCH3 is 2. The van der Waals surface area contributed by atoms with Crippen LogP contribution < -0.4 is 20.3 Å². The van der Waals surface area contributed by atoms with Crippen LogP contribution in [0.5, 0.6) is 11.5 Å². The van der Waals surface area contributed by atoms with Crippen LogP contribution in [0.2, 0.25) is 0 Å². The number of rotatable bonds is 10. The van der Waals surface area contributed by atoms with Gasteiger partial charge in [-0.1, -0.05) is 48.2 Å². The molecule has 3 rings (SSSR count). The molecule has 0 aliphatic carbocycles. The number of carbonyl (C=O) groups excluding carboxylic acids is 1. The van der Waals surface area contributed by atoms with Crippen LogP contribution in [0.3, 0.4) is 0 Å². The second-order valence-electron chi connectivity index (χ2n) is 7.59. The number of nitrogens with one attached hydrogen (secondary N) is 2. The van der Waals surface area contributed by atoms with Gasteiger partial charge in [0.2, 0.25) is 5.91 Å². The molecule has 0 aliphatic heterocycles. The standard InChI is InChI=1S/C25H29N3O4S/c1-16-20(14-18-8-6-5-7-9-18)24(30)28-25(27-16)33-17(2)23(29)26-13-12-19-10-11-21(31-3)22(15-19)32-4/h5-11,15,17H,12-14H2,1-4H3,(H,26,29)(H,27,28,30). The van der Waals surface area contributed by atoms with Gasteiger partial charge < -0.3 is 19.8 Å². The van der Waals surface area contributed by atoms with Gasteiger partial charge in [-0.05, 0) is 43.5 Å². The Hall–Kier alpha value is -3.26. The van der Waals surface area contributed by atoms with Crippen molar-refractivity contribution in [2.45, 2.75) is 37.1 Å². The third-order valence-electron chi connectivity index (χ3n) is 5.24. The van der Waals surface area contributed by atoms with Gasteiger partial charge in [0.05, 0.1) is 19.5 Å². The predicted molar refractivity (Wildman–Crippen MR) is 130 cm³/mol. The largest absolute Gasteiger partial charge is 0.493 e. The Bertz CT molecular complexity index is 1150. The zero-order valence-electron chi connectivity index (χ0n) is 19.3. The maximum absolute atomic E-state index is 12.6. The molecule has 2 N–H and O–H groups in total. The van der Waals surface area contributed by atoms with E-state index in [1.165, 1.54) is 11.8 Å². The summed E-state index contributed by atoms with van der Waals surface area (Å²) >= 11 is 1.24. The first-order valence-electron chi connectivity index (χ1n) is 10.7. The van der Waals surface area contributed by atoms with Gasteiger partial charge in [-0.25, -0.2) is 4.98 Å². The molecule has 0 bridgehead atoms. The minimum atomic E-state index is -0.405. The lowest BCUT2D eigenvalue weighted by Crippen LogP contribution is -2.32. The highest BCUT2D eigenvalue weighted by Gasteiger charge is 2.17. The van der Waals surface area contributed by atoms with Gasteiger partial charge in [0, 0.05) is 24.2 Å². The van der Waals surface area contributed by atoms with Crippen molar-refractivity contribution in [3.05, 3.63) is 81.3 Å². The van der Waals surface area contributed by atoms with Gasteiger partial charge in [0.15, 0.2) is 16.7 Å². The van der Waals surface area contributed by atoms with E-state index in [2.05, 4.69) is 15.3 Å². The monoisotopic (exact) mass is 467 g/mol. The lowest BCUT2D eigenvalue weighted by molar-refractivity contribution is -0.120. The van der Waals surface area contributed by atoms with Crippen LogP contribution in [0.15, 0.2) is 58.5 Å².